The number of hydrogen-bond donors (Lipinski definition) is 1. The number of ether oxygens (including phenoxy) is 3. The predicted molar refractivity (Wildman–Crippen MR) is 150 cm³/mol. The first kappa shape index (κ1) is 29.4. The van der Waals surface area contributed by atoms with Gasteiger partial charge < -0.3 is 19.3 Å². The Balaban J connectivity index is 1.68. The summed E-state index contributed by atoms with van der Waals surface area (Å²) in [6, 6.07) is 28.2. The van der Waals surface area contributed by atoms with Gasteiger partial charge in [-0.1, -0.05) is 105 Å². The maximum Gasteiger partial charge on any atom is 0.280 e. The van der Waals surface area contributed by atoms with Crippen LogP contribution in [0.2, 0.25) is 0 Å². The maximum absolute atomic E-state index is 14.4. The fourth-order valence-electron chi connectivity index (χ4n) is 5.06. The molecule has 0 aromatic heterocycles. The smallest absolute Gasteiger partial charge is 0.280 e. The van der Waals surface area contributed by atoms with Crippen LogP contribution in [0.5, 0.6) is 0 Å². The normalized spacial score (nSPS) is 21.3. The predicted octanol–water partition coefficient (Wildman–Crippen LogP) is 4.33. The summed E-state index contributed by atoms with van der Waals surface area (Å²) >= 11 is 0. The largest absolute Gasteiger partial charge is 0.363 e. The van der Waals surface area contributed by atoms with Crippen LogP contribution >= 0.6 is 0 Å². The highest BCUT2D eigenvalue weighted by Gasteiger charge is 2.63. The van der Waals surface area contributed by atoms with Crippen molar-refractivity contribution in [1.82, 2.24) is 9.80 Å². The van der Waals surface area contributed by atoms with Gasteiger partial charge in [0.15, 0.2) is 0 Å². The quantitative estimate of drug-likeness (QED) is 0.344. The highest BCUT2D eigenvalue weighted by atomic mass is 16.5. The molecule has 1 aliphatic heterocycles. The average Bonchev–Trinajstić information content (AvgIpc) is 2.96. The molecule has 0 aliphatic carbocycles. The Morgan fingerprint density at radius 2 is 1.15 bits per heavy atom. The SMILES string of the molecule is CO[C@]1(CC(C)C)C(=O)N(COCc2ccccc2)[C@](O)(Cc2ccccc2)C(=O)N1COCc1ccccc1. The first-order valence-corrected chi connectivity index (χ1v) is 13.5. The Morgan fingerprint density at radius 3 is 1.60 bits per heavy atom. The van der Waals surface area contributed by atoms with Gasteiger partial charge in [-0.3, -0.25) is 19.4 Å². The van der Waals surface area contributed by atoms with E-state index in [4.69, 9.17) is 14.2 Å². The first-order valence-electron chi connectivity index (χ1n) is 13.5. The van der Waals surface area contributed by atoms with Crippen molar-refractivity contribution in [2.24, 2.45) is 5.92 Å². The lowest BCUT2D eigenvalue weighted by Gasteiger charge is -2.54. The van der Waals surface area contributed by atoms with Crippen LogP contribution in [0.3, 0.4) is 0 Å². The van der Waals surface area contributed by atoms with E-state index in [2.05, 4.69) is 0 Å². The molecule has 1 N–H and O–H groups in total. The summed E-state index contributed by atoms with van der Waals surface area (Å²) < 4.78 is 17.8. The summed E-state index contributed by atoms with van der Waals surface area (Å²) in [5.74, 6) is -1.26. The standard InChI is InChI=1S/C32H38N2O6/c1-25(2)19-32(38-3)30(36)33(23-39-21-27-15-9-5-10-16-27)31(37,20-26-13-7-4-8-14-26)29(35)34(32)24-40-22-28-17-11-6-12-18-28/h4-18,25,37H,19-24H2,1-3H3/t31-,32+/m0/s1. The molecule has 2 amide bonds. The molecule has 3 aromatic rings. The molecule has 40 heavy (non-hydrogen) atoms. The van der Waals surface area contributed by atoms with Gasteiger partial charge in [-0.25, -0.2) is 0 Å². The molecular weight excluding hydrogens is 508 g/mol. The molecule has 1 fully saturated rings. The van der Waals surface area contributed by atoms with Crippen LogP contribution in [-0.4, -0.2) is 58.7 Å². The topological polar surface area (TPSA) is 88.5 Å². The zero-order valence-corrected chi connectivity index (χ0v) is 23.4. The van der Waals surface area contributed by atoms with E-state index in [1.807, 2.05) is 92.7 Å². The van der Waals surface area contributed by atoms with Crippen LogP contribution in [0.1, 0.15) is 37.0 Å². The number of methoxy groups -OCH3 is 1. The number of nitrogens with zero attached hydrogens (tertiary/aromatic N) is 2. The zero-order chi connectivity index (χ0) is 28.6. The Morgan fingerprint density at radius 1 is 0.700 bits per heavy atom. The van der Waals surface area contributed by atoms with Gasteiger partial charge in [0.05, 0.1) is 13.2 Å². The van der Waals surface area contributed by atoms with E-state index in [1.54, 1.807) is 12.1 Å². The molecule has 0 saturated carbocycles. The monoisotopic (exact) mass is 546 g/mol. The second-order valence-electron chi connectivity index (χ2n) is 10.5. The van der Waals surface area contributed by atoms with Crippen molar-refractivity contribution in [3.63, 3.8) is 0 Å². The van der Waals surface area contributed by atoms with Crippen molar-refractivity contribution >= 4 is 11.8 Å². The van der Waals surface area contributed by atoms with Crippen molar-refractivity contribution < 1.29 is 28.9 Å². The summed E-state index contributed by atoms with van der Waals surface area (Å²) in [5.41, 5.74) is -1.38. The lowest BCUT2D eigenvalue weighted by Crippen LogP contribution is -2.78. The van der Waals surface area contributed by atoms with E-state index in [0.29, 0.717) is 5.56 Å². The Bertz CT molecular complexity index is 1240. The van der Waals surface area contributed by atoms with E-state index in [-0.39, 0.29) is 45.4 Å². The van der Waals surface area contributed by atoms with Gasteiger partial charge in [0, 0.05) is 20.0 Å². The minimum atomic E-state index is -2.22. The van der Waals surface area contributed by atoms with Crippen LogP contribution in [0.4, 0.5) is 0 Å². The Labute approximate surface area is 236 Å². The summed E-state index contributed by atoms with van der Waals surface area (Å²) in [6.45, 7) is 3.78. The van der Waals surface area contributed by atoms with E-state index >= 15 is 0 Å². The minimum Gasteiger partial charge on any atom is -0.363 e. The van der Waals surface area contributed by atoms with Gasteiger partial charge in [-0.05, 0) is 22.6 Å². The first-order chi connectivity index (χ1) is 19.3. The lowest BCUT2D eigenvalue weighted by molar-refractivity contribution is -0.260. The molecule has 1 heterocycles. The second kappa shape index (κ2) is 13.2. The van der Waals surface area contributed by atoms with Gasteiger partial charge in [0.1, 0.15) is 13.5 Å². The third-order valence-electron chi connectivity index (χ3n) is 7.03. The molecule has 212 valence electrons. The number of amides is 2. The van der Waals surface area contributed by atoms with E-state index in [9.17, 15) is 14.7 Å². The van der Waals surface area contributed by atoms with Gasteiger partial charge in [-0.15, -0.1) is 0 Å². The molecule has 1 aliphatic rings. The zero-order valence-electron chi connectivity index (χ0n) is 23.4. The highest BCUT2D eigenvalue weighted by Crippen LogP contribution is 2.38. The van der Waals surface area contributed by atoms with E-state index in [0.717, 1.165) is 16.0 Å². The van der Waals surface area contributed by atoms with Crippen LogP contribution in [0.15, 0.2) is 91.0 Å². The van der Waals surface area contributed by atoms with Gasteiger partial charge in [0.2, 0.25) is 11.4 Å². The van der Waals surface area contributed by atoms with Crippen molar-refractivity contribution in [1.29, 1.82) is 0 Å². The van der Waals surface area contributed by atoms with Crippen molar-refractivity contribution in [2.75, 3.05) is 20.6 Å². The second-order valence-corrected chi connectivity index (χ2v) is 10.5. The minimum absolute atomic E-state index is 0.0132. The number of benzene rings is 3. The average molecular weight is 547 g/mol. The molecule has 4 rings (SSSR count). The molecule has 0 spiro atoms. The lowest BCUT2D eigenvalue weighted by atomic mass is 9.89. The molecule has 1 saturated heterocycles. The fraction of sp³-hybridized carbons (Fsp3) is 0.375. The maximum atomic E-state index is 14.4. The van der Waals surface area contributed by atoms with Crippen LogP contribution < -0.4 is 0 Å². The van der Waals surface area contributed by atoms with Crippen molar-refractivity contribution in [3.05, 3.63) is 108 Å². The number of aliphatic hydroxyl groups is 1. The van der Waals surface area contributed by atoms with Crippen LogP contribution in [0.25, 0.3) is 0 Å². The number of carbonyl (C=O) groups excluding carboxylic acids is 2. The molecule has 0 bridgehead atoms. The van der Waals surface area contributed by atoms with Gasteiger partial charge >= 0.3 is 0 Å². The molecular formula is C32H38N2O6. The third-order valence-corrected chi connectivity index (χ3v) is 7.03. The van der Waals surface area contributed by atoms with E-state index < -0.39 is 23.3 Å². The third kappa shape index (κ3) is 6.42. The van der Waals surface area contributed by atoms with Gasteiger partial charge in [-0.2, -0.15) is 0 Å². The van der Waals surface area contributed by atoms with Crippen molar-refractivity contribution in [2.45, 2.75) is 51.4 Å². The molecule has 0 radical (unpaired) electrons. The molecule has 3 aromatic carbocycles. The van der Waals surface area contributed by atoms with Crippen LogP contribution in [0, 0.1) is 5.92 Å². The fourth-order valence-corrected chi connectivity index (χ4v) is 5.06. The highest BCUT2D eigenvalue weighted by molar-refractivity contribution is 6.00. The molecule has 8 nitrogen and oxygen atoms in total. The molecule has 0 unspecified atom stereocenters. The van der Waals surface area contributed by atoms with Crippen molar-refractivity contribution in [3.8, 4) is 0 Å². The number of rotatable bonds is 13. The molecule has 8 heteroatoms. The Kier molecular flexibility index (Phi) is 9.71. The Hall–Kier alpha value is -3.56. The number of carbonyl (C=O) groups is 2. The summed E-state index contributed by atoms with van der Waals surface area (Å²) in [5, 5.41) is 12.1. The number of piperazine rings is 1. The summed E-state index contributed by atoms with van der Waals surface area (Å²) in [7, 11) is 1.41. The molecule has 2 atom stereocenters. The summed E-state index contributed by atoms with van der Waals surface area (Å²) in [4.78, 5) is 31.0. The van der Waals surface area contributed by atoms with E-state index in [1.165, 1.54) is 12.0 Å². The van der Waals surface area contributed by atoms with Gasteiger partial charge in [0.25, 0.3) is 11.8 Å². The number of hydrogen-bond acceptors (Lipinski definition) is 6. The van der Waals surface area contributed by atoms with Crippen LogP contribution in [-0.2, 0) is 43.4 Å². The summed E-state index contributed by atoms with van der Waals surface area (Å²) in [6.07, 6.45) is 0.0864.